The Hall–Kier alpha value is -0.940. The Bertz CT molecular complexity index is 220. The van der Waals surface area contributed by atoms with Crippen molar-refractivity contribution in [2.45, 2.75) is 64.3 Å². The summed E-state index contributed by atoms with van der Waals surface area (Å²) < 4.78 is 0. The number of hydrogen-bond acceptors (Lipinski definition) is 5. The van der Waals surface area contributed by atoms with Crippen LogP contribution in [0.5, 0.6) is 0 Å². The Kier molecular flexibility index (Phi) is 12.5. The van der Waals surface area contributed by atoms with Gasteiger partial charge in [-0.15, -0.1) is 0 Å². The van der Waals surface area contributed by atoms with Crippen molar-refractivity contribution in [2.24, 2.45) is 5.73 Å². The highest BCUT2D eigenvalue weighted by molar-refractivity contribution is 5.83. The van der Waals surface area contributed by atoms with Crippen LogP contribution in [0.2, 0.25) is 0 Å². The molecule has 5 nitrogen and oxygen atoms in total. The smallest absolute Gasteiger partial charge is 0.149 e. The van der Waals surface area contributed by atoms with Crippen molar-refractivity contribution in [1.82, 2.24) is 6.15 Å². The van der Waals surface area contributed by atoms with Gasteiger partial charge in [0.1, 0.15) is 5.78 Å². The Balaban J connectivity index is 0. The van der Waals surface area contributed by atoms with Crippen molar-refractivity contribution >= 4 is 11.8 Å². The molecule has 0 aromatic rings. The van der Waals surface area contributed by atoms with Crippen LogP contribution in [0.4, 0.5) is 0 Å². The number of carbonyl (C=O) groups is 2. The molecule has 0 bridgehead atoms. The fourth-order valence-electron chi connectivity index (χ4n) is 1.53. The van der Waals surface area contributed by atoms with Gasteiger partial charge >= 0.3 is 0 Å². The molecule has 1 atom stereocenters. The van der Waals surface area contributed by atoms with Gasteiger partial charge in [0.15, 0.2) is 0 Å². The summed E-state index contributed by atoms with van der Waals surface area (Å²) in [5, 5.41) is 10.1. The third-order valence-corrected chi connectivity index (χ3v) is 2.59. The Morgan fingerprint density at radius 2 is 1.71 bits per heavy atom. The molecule has 0 aliphatic carbocycles. The average molecular weight is 245 g/mol. The summed E-state index contributed by atoms with van der Waals surface area (Å²) in [4.78, 5) is 21.6. The van der Waals surface area contributed by atoms with E-state index in [-0.39, 0.29) is 18.4 Å². The highest BCUT2D eigenvalue weighted by Crippen LogP contribution is 2.07. The lowest BCUT2D eigenvalue weighted by atomic mass is 10.0. The minimum atomic E-state index is -1.04. The van der Waals surface area contributed by atoms with Crippen LogP contribution in [0.3, 0.4) is 0 Å². The second kappa shape index (κ2) is 11.5. The molecule has 17 heavy (non-hydrogen) atoms. The molecule has 5 heteroatoms. The Morgan fingerprint density at radius 3 is 2.24 bits per heavy atom. The van der Waals surface area contributed by atoms with E-state index in [0.29, 0.717) is 25.7 Å². The van der Waals surface area contributed by atoms with E-state index in [1.807, 2.05) is 0 Å². The summed E-state index contributed by atoms with van der Waals surface area (Å²) in [5.74, 6) is -0.940. The summed E-state index contributed by atoms with van der Waals surface area (Å²) in [5.41, 5.74) is 5.70. The van der Waals surface area contributed by atoms with Crippen molar-refractivity contribution in [3.8, 4) is 0 Å². The van der Waals surface area contributed by atoms with Gasteiger partial charge in [-0.3, -0.25) is 4.79 Å². The number of hydrogen-bond donors (Lipinski definition) is 2. The summed E-state index contributed by atoms with van der Waals surface area (Å²) in [6, 6.07) is -0.418. The zero-order valence-electron chi connectivity index (χ0n) is 10.7. The lowest BCUT2D eigenvalue weighted by molar-refractivity contribution is -0.305. The number of nitrogens with two attached hydrogens (primary N) is 1. The maximum atomic E-state index is 11.5. The van der Waals surface area contributed by atoms with Gasteiger partial charge in [0.2, 0.25) is 0 Å². The first-order chi connectivity index (χ1) is 7.57. The zero-order chi connectivity index (χ0) is 12.4. The molecule has 0 rings (SSSR count). The molecule has 0 saturated carbocycles. The number of carboxylic acids is 1. The normalized spacial score (nSPS) is 11.6. The van der Waals surface area contributed by atoms with Gasteiger partial charge in [-0.05, 0) is 25.7 Å². The summed E-state index contributed by atoms with van der Waals surface area (Å²) in [6.07, 6.45) is 5.46. The van der Waals surface area contributed by atoms with E-state index in [1.54, 1.807) is 0 Å². The van der Waals surface area contributed by atoms with Crippen LogP contribution in [0.1, 0.15) is 58.3 Å². The van der Waals surface area contributed by atoms with E-state index in [4.69, 9.17) is 5.73 Å². The molecule has 0 amide bonds. The molecule has 0 aliphatic rings. The molecule has 0 saturated heterocycles. The number of rotatable bonds is 10. The van der Waals surface area contributed by atoms with Crippen LogP contribution < -0.4 is 17.0 Å². The first kappa shape index (κ1) is 18.4. The number of ketones is 1. The van der Waals surface area contributed by atoms with E-state index in [1.165, 1.54) is 0 Å². The molecule has 0 aromatic heterocycles. The fourth-order valence-corrected chi connectivity index (χ4v) is 1.53. The maximum Gasteiger partial charge on any atom is 0.149 e. The first-order valence-corrected chi connectivity index (χ1v) is 6.06. The van der Waals surface area contributed by atoms with Gasteiger partial charge in [0, 0.05) is 12.4 Å². The molecule has 0 heterocycles. The minimum absolute atomic E-state index is 0. The zero-order valence-corrected chi connectivity index (χ0v) is 10.7. The van der Waals surface area contributed by atoms with Gasteiger partial charge in [-0.1, -0.05) is 26.2 Å². The number of carbonyl (C=O) groups excluding carboxylic acids is 2. The Labute approximate surface area is 103 Å². The molecule has 5 N–H and O–H groups in total. The SMILES string of the molecule is CCCCCC(=O)C(N)CCCCC(=O)[O-].N. The van der Waals surface area contributed by atoms with Crippen molar-refractivity contribution in [1.29, 1.82) is 0 Å². The molecule has 102 valence electrons. The van der Waals surface area contributed by atoms with Crippen LogP contribution in [0, 0.1) is 0 Å². The molecule has 0 spiro atoms. The standard InChI is InChI=1S/C12H23NO3.H3N/c1-2-3-4-8-11(14)10(13)7-5-6-9-12(15)16;/h10H,2-9,13H2,1H3,(H,15,16);1H3/p-1. The van der Waals surface area contributed by atoms with Crippen LogP contribution in [0.25, 0.3) is 0 Å². The van der Waals surface area contributed by atoms with Crippen molar-refractivity contribution in [2.75, 3.05) is 0 Å². The van der Waals surface area contributed by atoms with Crippen LogP contribution in [0.15, 0.2) is 0 Å². The summed E-state index contributed by atoms with van der Waals surface area (Å²) in [7, 11) is 0. The van der Waals surface area contributed by atoms with E-state index in [0.717, 1.165) is 19.3 Å². The topological polar surface area (TPSA) is 118 Å². The quantitative estimate of drug-likeness (QED) is 0.555. The first-order valence-electron chi connectivity index (χ1n) is 6.06. The Morgan fingerprint density at radius 1 is 1.12 bits per heavy atom. The molecular formula is C12H25N2O3-. The van der Waals surface area contributed by atoms with E-state index < -0.39 is 12.0 Å². The second-order valence-electron chi connectivity index (χ2n) is 4.15. The monoisotopic (exact) mass is 245 g/mol. The van der Waals surface area contributed by atoms with Gasteiger partial charge in [0.05, 0.1) is 6.04 Å². The van der Waals surface area contributed by atoms with Gasteiger partial charge in [0.25, 0.3) is 0 Å². The van der Waals surface area contributed by atoms with Crippen LogP contribution in [-0.2, 0) is 9.59 Å². The summed E-state index contributed by atoms with van der Waals surface area (Å²) >= 11 is 0. The largest absolute Gasteiger partial charge is 0.550 e. The predicted octanol–water partition coefficient (Wildman–Crippen LogP) is 0.935. The molecule has 1 unspecified atom stereocenters. The third kappa shape index (κ3) is 11.3. The van der Waals surface area contributed by atoms with E-state index in [2.05, 4.69) is 6.92 Å². The van der Waals surface area contributed by atoms with Gasteiger partial charge < -0.3 is 21.8 Å². The number of carboxylic acid groups (broad SMARTS) is 1. The van der Waals surface area contributed by atoms with E-state index >= 15 is 0 Å². The van der Waals surface area contributed by atoms with E-state index in [9.17, 15) is 14.7 Å². The number of unbranched alkanes of at least 4 members (excludes halogenated alkanes) is 3. The second-order valence-corrected chi connectivity index (χ2v) is 4.15. The van der Waals surface area contributed by atoms with Crippen molar-refractivity contribution in [3.63, 3.8) is 0 Å². The van der Waals surface area contributed by atoms with Crippen LogP contribution >= 0.6 is 0 Å². The van der Waals surface area contributed by atoms with Gasteiger partial charge in [-0.25, -0.2) is 0 Å². The number of aliphatic carboxylic acids is 1. The molecular weight excluding hydrogens is 220 g/mol. The molecule has 0 radical (unpaired) electrons. The summed E-state index contributed by atoms with van der Waals surface area (Å²) in [6.45, 7) is 2.09. The van der Waals surface area contributed by atoms with Gasteiger partial charge in [-0.2, -0.15) is 0 Å². The molecule has 0 aromatic carbocycles. The maximum absolute atomic E-state index is 11.5. The number of Topliss-reactive ketones (excluding diaryl/α,β-unsaturated/α-hetero) is 1. The average Bonchev–Trinajstić information content (AvgIpc) is 2.24. The highest BCUT2D eigenvalue weighted by Gasteiger charge is 2.11. The molecule has 0 fully saturated rings. The van der Waals surface area contributed by atoms with Crippen molar-refractivity contribution < 1.29 is 14.7 Å². The van der Waals surface area contributed by atoms with Crippen LogP contribution in [-0.4, -0.2) is 17.8 Å². The molecule has 0 aliphatic heterocycles. The minimum Gasteiger partial charge on any atom is -0.550 e. The third-order valence-electron chi connectivity index (χ3n) is 2.59. The van der Waals surface area contributed by atoms with Crippen molar-refractivity contribution in [3.05, 3.63) is 0 Å². The lowest BCUT2D eigenvalue weighted by Gasteiger charge is -2.10. The highest BCUT2D eigenvalue weighted by atomic mass is 16.4. The fraction of sp³-hybridized carbons (Fsp3) is 0.833. The predicted molar refractivity (Wildman–Crippen MR) is 65.6 cm³/mol. The lowest BCUT2D eigenvalue weighted by Crippen LogP contribution is -2.30.